The molecule has 1 aromatic carbocycles. The minimum atomic E-state index is 0.0639. The molecule has 0 aliphatic heterocycles. The first kappa shape index (κ1) is 12.0. The number of aryl methyl sites for hydroxylation is 2. The molecule has 0 spiro atoms. The van der Waals surface area contributed by atoms with Gasteiger partial charge in [-0.05, 0) is 24.8 Å². The summed E-state index contributed by atoms with van der Waals surface area (Å²) in [5.74, 6) is 0.250. The highest BCUT2D eigenvalue weighted by Gasteiger charge is 2.18. The second-order valence-electron chi connectivity index (χ2n) is 5.48. The third-order valence-electron chi connectivity index (χ3n) is 2.37. The SMILES string of the molecule is Cc1ccc(C(=O)CC(C)(C)C)c(C)c1. The molecule has 0 atom stereocenters. The third kappa shape index (κ3) is 3.50. The van der Waals surface area contributed by atoms with E-state index < -0.39 is 0 Å². The van der Waals surface area contributed by atoms with Crippen LogP contribution >= 0.6 is 0 Å². The van der Waals surface area contributed by atoms with Gasteiger partial charge in [-0.25, -0.2) is 0 Å². The summed E-state index contributed by atoms with van der Waals surface area (Å²) in [7, 11) is 0. The van der Waals surface area contributed by atoms with E-state index in [2.05, 4.69) is 26.8 Å². The van der Waals surface area contributed by atoms with Gasteiger partial charge in [-0.15, -0.1) is 0 Å². The molecule has 1 nitrogen and oxygen atoms in total. The Kier molecular flexibility index (Phi) is 3.33. The highest BCUT2D eigenvalue weighted by molar-refractivity contribution is 5.97. The molecular formula is C14H20O. The first-order valence-electron chi connectivity index (χ1n) is 5.40. The Hall–Kier alpha value is -1.11. The maximum absolute atomic E-state index is 12.0. The van der Waals surface area contributed by atoms with Gasteiger partial charge in [0.1, 0.15) is 0 Å². The van der Waals surface area contributed by atoms with Gasteiger partial charge < -0.3 is 0 Å². The van der Waals surface area contributed by atoms with Crippen molar-refractivity contribution >= 4 is 5.78 Å². The van der Waals surface area contributed by atoms with E-state index in [1.54, 1.807) is 0 Å². The number of rotatable bonds is 2. The van der Waals surface area contributed by atoms with E-state index in [9.17, 15) is 4.79 Å². The number of Topliss-reactive ketones (excluding diaryl/α,β-unsaturated/α-hetero) is 1. The number of carbonyl (C=O) groups excluding carboxylic acids is 1. The molecule has 0 N–H and O–H groups in total. The van der Waals surface area contributed by atoms with Crippen molar-refractivity contribution in [3.8, 4) is 0 Å². The predicted octanol–water partition coefficient (Wildman–Crippen LogP) is 3.92. The molecule has 0 aliphatic carbocycles. The standard InChI is InChI=1S/C14H20O/c1-10-6-7-12(11(2)8-10)13(15)9-14(3,4)5/h6-8H,9H2,1-5H3. The van der Waals surface area contributed by atoms with Crippen LogP contribution in [0.25, 0.3) is 0 Å². The van der Waals surface area contributed by atoms with Crippen molar-refractivity contribution in [2.75, 3.05) is 0 Å². The molecule has 0 aliphatic rings. The second kappa shape index (κ2) is 4.18. The molecule has 0 unspecified atom stereocenters. The molecule has 1 rings (SSSR count). The minimum absolute atomic E-state index is 0.0639. The van der Waals surface area contributed by atoms with Crippen molar-refractivity contribution < 1.29 is 4.79 Å². The van der Waals surface area contributed by atoms with Crippen molar-refractivity contribution in [1.29, 1.82) is 0 Å². The zero-order chi connectivity index (χ0) is 11.6. The molecule has 0 fully saturated rings. The molecule has 0 saturated heterocycles. The summed E-state index contributed by atoms with van der Waals surface area (Å²) < 4.78 is 0. The molecule has 0 radical (unpaired) electrons. The largest absolute Gasteiger partial charge is 0.294 e. The number of hydrogen-bond donors (Lipinski definition) is 0. The zero-order valence-electron chi connectivity index (χ0n) is 10.3. The van der Waals surface area contributed by atoms with Crippen LogP contribution in [-0.4, -0.2) is 5.78 Å². The van der Waals surface area contributed by atoms with Gasteiger partial charge in [-0.3, -0.25) is 4.79 Å². The highest BCUT2D eigenvalue weighted by atomic mass is 16.1. The average Bonchev–Trinajstić information content (AvgIpc) is 1.99. The quantitative estimate of drug-likeness (QED) is 0.667. The van der Waals surface area contributed by atoms with Gasteiger partial charge >= 0.3 is 0 Å². The van der Waals surface area contributed by atoms with Gasteiger partial charge in [0.2, 0.25) is 0 Å². The van der Waals surface area contributed by atoms with Crippen LogP contribution in [-0.2, 0) is 0 Å². The molecular weight excluding hydrogens is 184 g/mol. The lowest BCUT2D eigenvalue weighted by Gasteiger charge is -2.17. The Morgan fingerprint density at radius 3 is 2.27 bits per heavy atom. The number of carbonyl (C=O) groups is 1. The summed E-state index contributed by atoms with van der Waals surface area (Å²) >= 11 is 0. The molecule has 15 heavy (non-hydrogen) atoms. The van der Waals surface area contributed by atoms with Gasteiger partial charge in [-0.2, -0.15) is 0 Å². The molecule has 1 heteroatoms. The lowest BCUT2D eigenvalue weighted by atomic mass is 9.86. The molecule has 1 aromatic rings. The van der Waals surface area contributed by atoms with E-state index in [1.807, 2.05) is 26.0 Å². The van der Waals surface area contributed by atoms with Crippen LogP contribution in [0.2, 0.25) is 0 Å². The highest BCUT2D eigenvalue weighted by Crippen LogP contribution is 2.23. The molecule has 0 aromatic heterocycles. The van der Waals surface area contributed by atoms with Crippen LogP contribution in [0.4, 0.5) is 0 Å². The zero-order valence-corrected chi connectivity index (χ0v) is 10.3. The molecule has 82 valence electrons. The topological polar surface area (TPSA) is 17.1 Å². The van der Waals surface area contributed by atoms with Crippen molar-refractivity contribution in [1.82, 2.24) is 0 Å². The first-order chi connectivity index (χ1) is 6.79. The number of ketones is 1. The van der Waals surface area contributed by atoms with Crippen LogP contribution in [0.3, 0.4) is 0 Å². The number of benzene rings is 1. The maximum Gasteiger partial charge on any atom is 0.163 e. The smallest absolute Gasteiger partial charge is 0.163 e. The predicted molar refractivity (Wildman–Crippen MR) is 64.3 cm³/mol. The van der Waals surface area contributed by atoms with Crippen LogP contribution < -0.4 is 0 Å². The Morgan fingerprint density at radius 2 is 1.80 bits per heavy atom. The summed E-state index contributed by atoms with van der Waals surface area (Å²) in [4.78, 5) is 12.0. The van der Waals surface area contributed by atoms with Gasteiger partial charge in [0.25, 0.3) is 0 Å². The van der Waals surface area contributed by atoms with Crippen LogP contribution in [0.1, 0.15) is 48.7 Å². The van der Waals surface area contributed by atoms with Crippen molar-refractivity contribution in [3.63, 3.8) is 0 Å². The fourth-order valence-corrected chi connectivity index (χ4v) is 1.70. The van der Waals surface area contributed by atoms with Gasteiger partial charge in [0, 0.05) is 12.0 Å². The first-order valence-corrected chi connectivity index (χ1v) is 5.40. The Morgan fingerprint density at radius 1 is 1.20 bits per heavy atom. The Bertz CT molecular complexity index is 369. The van der Waals surface area contributed by atoms with E-state index in [0.29, 0.717) is 6.42 Å². The van der Waals surface area contributed by atoms with Gasteiger partial charge in [-0.1, -0.05) is 44.5 Å². The van der Waals surface area contributed by atoms with Crippen LogP contribution in [0.15, 0.2) is 18.2 Å². The minimum Gasteiger partial charge on any atom is -0.294 e. The average molecular weight is 204 g/mol. The Labute approximate surface area is 92.5 Å². The summed E-state index contributed by atoms with van der Waals surface area (Å²) in [6.45, 7) is 10.3. The fourth-order valence-electron chi connectivity index (χ4n) is 1.70. The van der Waals surface area contributed by atoms with E-state index in [4.69, 9.17) is 0 Å². The van der Waals surface area contributed by atoms with Gasteiger partial charge in [0.15, 0.2) is 5.78 Å². The summed E-state index contributed by atoms with van der Waals surface area (Å²) in [6, 6.07) is 6.01. The normalized spacial score (nSPS) is 11.5. The molecule has 0 amide bonds. The van der Waals surface area contributed by atoms with Crippen molar-refractivity contribution in [2.45, 2.75) is 41.0 Å². The van der Waals surface area contributed by atoms with E-state index in [1.165, 1.54) is 5.56 Å². The molecule has 0 bridgehead atoms. The van der Waals surface area contributed by atoms with Crippen molar-refractivity contribution in [2.24, 2.45) is 5.41 Å². The van der Waals surface area contributed by atoms with Crippen LogP contribution in [0, 0.1) is 19.3 Å². The van der Waals surface area contributed by atoms with Crippen molar-refractivity contribution in [3.05, 3.63) is 34.9 Å². The monoisotopic (exact) mass is 204 g/mol. The van der Waals surface area contributed by atoms with E-state index in [0.717, 1.165) is 11.1 Å². The lowest BCUT2D eigenvalue weighted by molar-refractivity contribution is 0.0939. The number of hydrogen-bond acceptors (Lipinski definition) is 1. The maximum atomic E-state index is 12.0. The Balaban J connectivity index is 2.92. The molecule has 0 heterocycles. The van der Waals surface area contributed by atoms with E-state index >= 15 is 0 Å². The fraction of sp³-hybridized carbons (Fsp3) is 0.500. The summed E-state index contributed by atoms with van der Waals surface area (Å²) in [5.41, 5.74) is 3.23. The van der Waals surface area contributed by atoms with Gasteiger partial charge in [0.05, 0.1) is 0 Å². The lowest BCUT2D eigenvalue weighted by Crippen LogP contribution is -2.14. The summed E-state index contributed by atoms with van der Waals surface area (Å²) in [5, 5.41) is 0. The van der Waals surface area contributed by atoms with Crippen LogP contribution in [0.5, 0.6) is 0 Å². The second-order valence-corrected chi connectivity index (χ2v) is 5.48. The third-order valence-corrected chi connectivity index (χ3v) is 2.37. The summed E-state index contributed by atoms with van der Waals surface area (Å²) in [6.07, 6.45) is 0.608. The van der Waals surface area contributed by atoms with E-state index in [-0.39, 0.29) is 11.2 Å². The molecule has 0 saturated carbocycles.